The van der Waals surface area contributed by atoms with Crippen LogP contribution in [0.3, 0.4) is 0 Å². The maximum absolute atomic E-state index is 5.24. The number of aromatic nitrogens is 5. The highest BCUT2D eigenvalue weighted by atomic mass is 16.5. The largest absolute Gasteiger partial charge is 0.495 e. The third-order valence-electron chi connectivity index (χ3n) is 6.60. The SMILES string of the molecule is COc1cncc(-c2cn(Cc3ccc(N4CCC[C@@H](NCC5CCC5)C4)nc3)nn2)c1. The molecule has 1 saturated heterocycles. The van der Waals surface area contributed by atoms with Crippen molar-refractivity contribution in [2.24, 2.45) is 5.92 Å². The van der Waals surface area contributed by atoms with E-state index in [2.05, 4.69) is 37.6 Å². The van der Waals surface area contributed by atoms with Gasteiger partial charge in [0.15, 0.2) is 0 Å². The van der Waals surface area contributed by atoms with Crippen LogP contribution in [0.25, 0.3) is 11.3 Å². The van der Waals surface area contributed by atoms with Crippen LogP contribution >= 0.6 is 0 Å². The molecule has 0 spiro atoms. The number of ether oxygens (including phenoxy) is 1. The van der Waals surface area contributed by atoms with E-state index >= 15 is 0 Å². The molecule has 0 radical (unpaired) electrons. The van der Waals surface area contributed by atoms with Gasteiger partial charge in [-0.15, -0.1) is 5.10 Å². The van der Waals surface area contributed by atoms with Gasteiger partial charge in [-0.2, -0.15) is 0 Å². The average molecular weight is 434 g/mol. The van der Waals surface area contributed by atoms with Gasteiger partial charge < -0.3 is 15.0 Å². The zero-order valence-corrected chi connectivity index (χ0v) is 18.7. The van der Waals surface area contributed by atoms with E-state index in [0.29, 0.717) is 18.3 Å². The zero-order chi connectivity index (χ0) is 21.8. The Kier molecular flexibility index (Phi) is 6.29. The first kappa shape index (κ1) is 20.9. The van der Waals surface area contributed by atoms with Crippen molar-refractivity contribution in [2.45, 2.75) is 44.7 Å². The number of nitrogens with zero attached hydrogens (tertiary/aromatic N) is 6. The van der Waals surface area contributed by atoms with Crippen LogP contribution in [0.15, 0.2) is 43.0 Å². The number of methoxy groups -OCH3 is 1. The summed E-state index contributed by atoms with van der Waals surface area (Å²) in [6, 6.07) is 6.76. The Labute approximate surface area is 189 Å². The normalized spacial score (nSPS) is 19.0. The summed E-state index contributed by atoms with van der Waals surface area (Å²) < 4.78 is 7.07. The lowest BCUT2D eigenvalue weighted by atomic mass is 9.85. The molecule has 1 saturated carbocycles. The van der Waals surface area contributed by atoms with E-state index in [1.807, 2.05) is 23.1 Å². The van der Waals surface area contributed by atoms with Gasteiger partial charge in [0.1, 0.15) is 17.3 Å². The van der Waals surface area contributed by atoms with Gasteiger partial charge in [0.05, 0.1) is 26.0 Å². The minimum Gasteiger partial charge on any atom is -0.495 e. The van der Waals surface area contributed by atoms with Crippen LogP contribution < -0.4 is 15.0 Å². The minimum atomic E-state index is 0.575. The summed E-state index contributed by atoms with van der Waals surface area (Å²) in [5.74, 6) is 2.67. The van der Waals surface area contributed by atoms with Gasteiger partial charge in [0.2, 0.25) is 0 Å². The van der Waals surface area contributed by atoms with E-state index in [0.717, 1.165) is 41.6 Å². The van der Waals surface area contributed by atoms with Gasteiger partial charge in [-0.1, -0.05) is 17.7 Å². The lowest BCUT2D eigenvalue weighted by molar-refractivity contribution is 0.280. The summed E-state index contributed by atoms with van der Waals surface area (Å²) in [5.41, 5.74) is 2.76. The highest BCUT2D eigenvalue weighted by Crippen LogP contribution is 2.26. The zero-order valence-electron chi connectivity index (χ0n) is 18.7. The Morgan fingerprint density at radius 2 is 2.06 bits per heavy atom. The molecule has 2 aliphatic rings. The van der Waals surface area contributed by atoms with Gasteiger partial charge in [-0.3, -0.25) is 4.98 Å². The van der Waals surface area contributed by atoms with E-state index in [1.54, 1.807) is 19.5 Å². The third-order valence-corrected chi connectivity index (χ3v) is 6.60. The molecule has 8 nitrogen and oxygen atoms in total. The highest BCUT2D eigenvalue weighted by molar-refractivity contribution is 5.58. The number of anilines is 1. The second kappa shape index (κ2) is 9.65. The lowest BCUT2D eigenvalue weighted by Gasteiger charge is -2.36. The van der Waals surface area contributed by atoms with Crippen molar-refractivity contribution in [1.29, 1.82) is 0 Å². The van der Waals surface area contributed by atoms with Crippen LogP contribution in [0.1, 0.15) is 37.7 Å². The van der Waals surface area contributed by atoms with Crippen LogP contribution in [-0.4, -0.2) is 57.7 Å². The molecule has 3 aromatic rings. The third kappa shape index (κ3) is 4.91. The number of hydrogen-bond donors (Lipinski definition) is 1. The molecule has 0 unspecified atom stereocenters. The molecule has 1 aliphatic carbocycles. The van der Waals surface area contributed by atoms with Gasteiger partial charge in [0, 0.05) is 37.1 Å². The molecule has 2 fully saturated rings. The minimum absolute atomic E-state index is 0.575. The quantitative estimate of drug-likeness (QED) is 0.584. The summed E-state index contributed by atoms with van der Waals surface area (Å²) in [7, 11) is 1.63. The van der Waals surface area contributed by atoms with Crippen molar-refractivity contribution in [2.75, 3.05) is 31.6 Å². The monoisotopic (exact) mass is 433 g/mol. The van der Waals surface area contributed by atoms with E-state index in [9.17, 15) is 0 Å². The summed E-state index contributed by atoms with van der Waals surface area (Å²) >= 11 is 0. The first-order valence-electron chi connectivity index (χ1n) is 11.6. The maximum atomic E-state index is 5.24. The van der Waals surface area contributed by atoms with Crippen LogP contribution in [0.2, 0.25) is 0 Å². The molecule has 0 aromatic carbocycles. The van der Waals surface area contributed by atoms with Crippen LogP contribution in [0, 0.1) is 5.92 Å². The number of rotatable bonds is 8. The standard InChI is InChI=1S/C24H31N7O/c1-32-22-10-20(13-25-14-22)23-17-31(29-28-23)15-19-7-8-24(27-12-19)30-9-3-6-21(16-30)26-11-18-4-2-5-18/h7-8,10,12-14,17-18,21,26H,2-6,9,11,15-16H2,1H3/t21-/m1/s1. The van der Waals surface area contributed by atoms with Crippen molar-refractivity contribution in [1.82, 2.24) is 30.3 Å². The molecule has 1 N–H and O–H groups in total. The van der Waals surface area contributed by atoms with Gasteiger partial charge in [-0.25, -0.2) is 9.67 Å². The number of hydrogen-bond acceptors (Lipinski definition) is 7. The molecule has 32 heavy (non-hydrogen) atoms. The second-order valence-corrected chi connectivity index (χ2v) is 8.93. The fraction of sp³-hybridized carbons (Fsp3) is 0.500. The summed E-state index contributed by atoms with van der Waals surface area (Å²) in [4.78, 5) is 11.4. The Bertz CT molecular complexity index is 1020. The topological polar surface area (TPSA) is 81.0 Å². The van der Waals surface area contributed by atoms with Crippen LogP contribution in [-0.2, 0) is 6.54 Å². The van der Waals surface area contributed by atoms with E-state index in [1.165, 1.54) is 38.6 Å². The fourth-order valence-corrected chi connectivity index (χ4v) is 4.44. The molecule has 5 rings (SSSR count). The summed E-state index contributed by atoms with van der Waals surface area (Å²) in [6.45, 7) is 3.93. The highest BCUT2D eigenvalue weighted by Gasteiger charge is 2.23. The molecule has 4 heterocycles. The van der Waals surface area contributed by atoms with E-state index in [-0.39, 0.29) is 0 Å². The van der Waals surface area contributed by atoms with E-state index in [4.69, 9.17) is 9.72 Å². The molecule has 168 valence electrons. The predicted molar refractivity (Wildman–Crippen MR) is 124 cm³/mol. The number of piperidine rings is 1. The summed E-state index contributed by atoms with van der Waals surface area (Å²) in [5, 5.41) is 12.3. The fourth-order valence-electron chi connectivity index (χ4n) is 4.44. The second-order valence-electron chi connectivity index (χ2n) is 8.93. The smallest absolute Gasteiger partial charge is 0.137 e. The lowest BCUT2D eigenvalue weighted by Crippen LogP contribution is -2.47. The van der Waals surface area contributed by atoms with E-state index < -0.39 is 0 Å². The molecule has 0 amide bonds. The maximum Gasteiger partial charge on any atom is 0.137 e. The van der Waals surface area contributed by atoms with Gasteiger partial charge in [-0.05, 0) is 55.8 Å². The first-order valence-corrected chi connectivity index (χ1v) is 11.6. The molecular weight excluding hydrogens is 402 g/mol. The Hall–Kier alpha value is -3.00. The predicted octanol–water partition coefficient (Wildman–Crippen LogP) is 3.15. The Morgan fingerprint density at radius 1 is 1.12 bits per heavy atom. The van der Waals surface area contributed by atoms with Crippen molar-refractivity contribution < 1.29 is 4.74 Å². The molecule has 8 heteroatoms. The molecule has 0 bridgehead atoms. The van der Waals surface area contributed by atoms with Crippen molar-refractivity contribution in [3.8, 4) is 17.0 Å². The molecule has 3 aromatic heterocycles. The van der Waals surface area contributed by atoms with Gasteiger partial charge in [0.25, 0.3) is 0 Å². The average Bonchev–Trinajstić information content (AvgIpc) is 3.27. The first-order chi connectivity index (χ1) is 15.8. The van der Waals surface area contributed by atoms with Gasteiger partial charge >= 0.3 is 0 Å². The summed E-state index contributed by atoms with van der Waals surface area (Å²) in [6.07, 6.45) is 14.0. The van der Waals surface area contributed by atoms with Crippen LogP contribution in [0.5, 0.6) is 5.75 Å². The number of pyridine rings is 2. The van der Waals surface area contributed by atoms with Crippen LogP contribution in [0.4, 0.5) is 5.82 Å². The molecule has 1 aliphatic heterocycles. The van der Waals surface area contributed by atoms with Crippen molar-refractivity contribution >= 4 is 5.82 Å². The molecule has 1 atom stereocenters. The number of nitrogens with one attached hydrogen (secondary N) is 1. The molecular formula is C24H31N7O. The van der Waals surface area contributed by atoms with Crippen molar-refractivity contribution in [3.63, 3.8) is 0 Å². The van der Waals surface area contributed by atoms with Crippen molar-refractivity contribution in [3.05, 3.63) is 48.5 Å². The Morgan fingerprint density at radius 3 is 2.84 bits per heavy atom. The Balaban J connectivity index is 1.18.